The van der Waals surface area contributed by atoms with Crippen LogP contribution in [-0.2, 0) is 27.8 Å². The van der Waals surface area contributed by atoms with Crippen molar-refractivity contribution < 1.29 is 18.0 Å². The molecule has 0 bridgehead atoms. The standard InChI is InChI=1S/C22H24N4O4S2/c1-15(2)22-24-18(14-31-22)12-20(27)25-26-21(28)17-9-6-10-19(11-17)32(29,30)23-13-16-7-4-3-5-8-16/h3-11,14-15,23H,12-13H2,1-2H3,(H,25,27)(H,26,28). The Bertz CT molecular complexity index is 1190. The zero-order valence-corrected chi connectivity index (χ0v) is 19.3. The van der Waals surface area contributed by atoms with E-state index in [0.717, 1.165) is 10.6 Å². The van der Waals surface area contributed by atoms with Gasteiger partial charge in [0.1, 0.15) is 0 Å². The van der Waals surface area contributed by atoms with Crippen molar-refractivity contribution >= 4 is 33.2 Å². The average molecular weight is 473 g/mol. The fraction of sp³-hybridized carbons (Fsp3) is 0.227. The van der Waals surface area contributed by atoms with Crippen LogP contribution in [0.5, 0.6) is 0 Å². The van der Waals surface area contributed by atoms with Crippen LogP contribution in [0.25, 0.3) is 0 Å². The van der Waals surface area contributed by atoms with Crippen LogP contribution in [0, 0.1) is 0 Å². The van der Waals surface area contributed by atoms with Gasteiger partial charge >= 0.3 is 0 Å². The third-order valence-electron chi connectivity index (χ3n) is 4.44. The number of hydrogen-bond donors (Lipinski definition) is 3. The number of rotatable bonds is 8. The number of amides is 2. The Balaban J connectivity index is 1.57. The van der Waals surface area contributed by atoms with Gasteiger partial charge in [0.05, 0.1) is 22.0 Å². The van der Waals surface area contributed by atoms with Gasteiger partial charge in [-0.1, -0.05) is 50.2 Å². The maximum absolute atomic E-state index is 12.6. The summed E-state index contributed by atoms with van der Waals surface area (Å²) in [6.45, 7) is 4.17. The number of nitrogens with zero attached hydrogens (tertiary/aromatic N) is 1. The van der Waals surface area contributed by atoms with Gasteiger partial charge in [-0.15, -0.1) is 11.3 Å². The van der Waals surface area contributed by atoms with Crippen LogP contribution < -0.4 is 15.6 Å². The molecule has 0 fully saturated rings. The first-order valence-corrected chi connectivity index (χ1v) is 12.3. The Kier molecular flexibility index (Phi) is 7.73. The van der Waals surface area contributed by atoms with Crippen molar-refractivity contribution in [3.63, 3.8) is 0 Å². The molecule has 168 valence electrons. The molecule has 2 aromatic carbocycles. The van der Waals surface area contributed by atoms with Crippen molar-refractivity contribution in [2.45, 2.75) is 37.6 Å². The number of aromatic nitrogens is 1. The summed E-state index contributed by atoms with van der Waals surface area (Å²) in [5.41, 5.74) is 6.18. The van der Waals surface area contributed by atoms with Gasteiger partial charge in [-0.25, -0.2) is 18.1 Å². The molecule has 0 unspecified atom stereocenters. The molecule has 32 heavy (non-hydrogen) atoms. The monoisotopic (exact) mass is 472 g/mol. The van der Waals surface area contributed by atoms with Gasteiger partial charge in [-0.2, -0.15) is 0 Å². The van der Waals surface area contributed by atoms with Crippen LogP contribution >= 0.6 is 11.3 Å². The summed E-state index contributed by atoms with van der Waals surface area (Å²) in [6.07, 6.45) is 0.0291. The van der Waals surface area contributed by atoms with Gasteiger partial charge < -0.3 is 0 Å². The summed E-state index contributed by atoms with van der Waals surface area (Å²) in [5, 5.41) is 2.75. The van der Waals surface area contributed by atoms with E-state index in [2.05, 4.69) is 20.6 Å². The largest absolute Gasteiger partial charge is 0.273 e. The second kappa shape index (κ2) is 10.5. The van der Waals surface area contributed by atoms with E-state index in [4.69, 9.17) is 0 Å². The Morgan fingerprint density at radius 2 is 1.78 bits per heavy atom. The summed E-state index contributed by atoms with van der Waals surface area (Å²) < 4.78 is 27.7. The molecular formula is C22H24N4O4S2. The maximum Gasteiger partial charge on any atom is 0.269 e. The number of hydrogen-bond acceptors (Lipinski definition) is 6. The molecule has 3 N–H and O–H groups in total. The normalized spacial score (nSPS) is 11.3. The van der Waals surface area contributed by atoms with Crippen LogP contribution in [-0.4, -0.2) is 25.2 Å². The van der Waals surface area contributed by atoms with Crippen LogP contribution in [0.1, 0.15) is 46.4 Å². The molecule has 0 aliphatic heterocycles. The molecule has 2 amide bonds. The number of benzene rings is 2. The predicted molar refractivity (Wildman–Crippen MR) is 122 cm³/mol. The smallest absolute Gasteiger partial charge is 0.269 e. The van der Waals surface area contributed by atoms with E-state index < -0.39 is 21.8 Å². The van der Waals surface area contributed by atoms with Crippen LogP contribution in [0.2, 0.25) is 0 Å². The fourth-order valence-corrected chi connectivity index (χ4v) is 4.64. The molecule has 0 saturated carbocycles. The predicted octanol–water partition coefficient (Wildman–Crippen LogP) is 2.75. The number of hydrazine groups is 1. The minimum absolute atomic E-state index is 0.0291. The molecule has 0 spiro atoms. The topological polar surface area (TPSA) is 117 Å². The second-order valence-electron chi connectivity index (χ2n) is 7.35. The van der Waals surface area contributed by atoms with Crippen molar-refractivity contribution in [3.8, 4) is 0 Å². The van der Waals surface area contributed by atoms with Crippen molar-refractivity contribution in [3.05, 3.63) is 81.8 Å². The highest BCUT2D eigenvalue weighted by Gasteiger charge is 2.17. The van der Waals surface area contributed by atoms with E-state index >= 15 is 0 Å². The molecule has 0 saturated heterocycles. The summed E-state index contributed by atoms with van der Waals surface area (Å²) in [7, 11) is -3.82. The van der Waals surface area contributed by atoms with Gasteiger partial charge in [0, 0.05) is 23.4 Å². The average Bonchev–Trinajstić information content (AvgIpc) is 3.26. The lowest BCUT2D eigenvalue weighted by molar-refractivity contribution is -0.121. The summed E-state index contributed by atoms with van der Waals surface area (Å²) in [6, 6.07) is 14.7. The molecule has 0 radical (unpaired) electrons. The van der Waals surface area contributed by atoms with Gasteiger partial charge in [0.2, 0.25) is 15.9 Å². The summed E-state index contributed by atoms with van der Waals surface area (Å²) in [5.74, 6) is -0.769. The molecule has 10 heteroatoms. The summed E-state index contributed by atoms with van der Waals surface area (Å²) >= 11 is 1.49. The SMILES string of the molecule is CC(C)c1nc(CC(=O)NNC(=O)c2cccc(S(=O)(=O)NCc3ccccc3)c2)cs1. The lowest BCUT2D eigenvalue weighted by atomic mass is 10.2. The van der Waals surface area contributed by atoms with E-state index in [9.17, 15) is 18.0 Å². The zero-order valence-electron chi connectivity index (χ0n) is 17.7. The van der Waals surface area contributed by atoms with Crippen molar-refractivity contribution in [1.29, 1.82) is 0 Å². The minimum atomic E-state index is -3.82. The highest BCUT2D eigenvalue weighted by molar-refractivity contribution is 7.89. The zero-order chi connectivity index (χ0) is 23.1. The number of thiazole rings is 1. The Hall–Kier alpha value is -3.08. The lowest BCUT2D eigenvalue weighted by Gasteiger charge is -2.10. The number of carbonyl (C=O) groups excluding carboxylic acids is 2. The third kappa shape index (κ3) is 6.46. The first-order valence-electron chi connectivity index (χ1n) is 9.92. The van der Waals surface area contributed by atoms with E-state index in [1.807, 2.05) is 49.6 Å². The van der Waals surface area contributed by atoms with Crippen LogP contribution in [0.15, 0.2) is 64.9 Å². The van der Waals surface area contributed by atoms with Crippen molar-refractivity contribution in [2.75, 3.05) is 0 Å². The number of carbonyl (C=O) groups is 2. The molecule has 1 aromatic heterocycles. The first kappa shape index (κ1) is 23.6. The Labute approximate surface area is 191 Å². The van der Waals surface area contributed by atoms with Gasteiger partial charge in [0.15, 0.2) is 0 Å². The molecule has 0 atom stereocenters. The summed E-state index contributed by atoms with van der Waals surface area (Å²) in [4.78, 5) is 28.8. The number of nitrogens with one attached hydrogen (secondary N) is 3. The maximum atomic E-state index is 12.6. The number of sulfonamides is 1. The molecular weight excluding hydrogens is 448 g/mol. The highest BCUT2D eigenvalue weighted by Crippen LogP contribution is 2.19. The van der Waals surface area contributed by atoms with Gasteiger partial charge in [-0.3, -0.25) is 20.4 Å². The fourth-order valence-electron chi connectivity index (χ4n) is 2.74. The third-order valence-corrected chi connectivity index (χ3v) is 7.03. The van der Waals surface area contributed by atoms with Crippen LogP contribution in [0.4, 0.5) is 0 Å². The second-order valence-corrected chi connectivity index (χ2v) is 10.0. The molecule has 0 aliphatic rings. The lowest BCUT2D eigenvalue weighted by Crippen LogP contribution is -2.42. The van der Waals surface area contributed by atoms with Crippen molar-refractivity contribution in [2.24, 2.45) is 0 Å². The molecule has 0 aliphatic carbocycles. The van der Waals surface area contributed by atoms with E-state index in [1.54, 1.807) is 0 Å². The Morgan fingerprint density at radius 1 is 1.03 bits per heavy atom. The molecule has 8 nitrogen and oxygen atoms in total. The van der Waals surface area contributed by atoms with Crippen molar-refractivity contribution in [1.82, 2.24) is 20.6 Å². The molecule has 1 heterocycles. The minimum Gasteiger partial charge on any atom is -0.273 e. The molecule has 3 aromatic rings. The van der Waals surface area contributed by atoms with Gasteiger partial charge in [0.25, 0.3) is 5.91 Å². The van der Waals surface area contributed by atoms with E-state index in [-0.39, 0.29) is 29.3 Å². The van der Waals surface area contributed by atoms with Gasteiger partial charge in [-0.05, 0) is 23.8 Å². The highest BCUT2D eigenvalue weighted by atomic mass is 32.2. The van der Waals surface area contributed by atoms with E-state index in [0.29, 0.717) is 5.69 Å². The van der Waals surface area contributed by atoms with E-state index in [1.165, 1.54) is 35.6 Å². The Morgan fingerprint density at radius 3 is 2.47 bits per heavy atom. The quantitative estimate of drug-likeness (QED) is 0.436. The van der Waals surface area contributed by atoms with Crippen LogP contribution in [0.3, 0.4) is 0 Å². The first-order chi connectivity index (χ1) is 15.2. The molecule has 3 rings (SSSR count).